The van der Waals surface area contributed by atoms with E-state index in [0.29, 0.717) is 52.3 Å². The van der Waals surface area contributed by atoms with Crippen molar-refractivity contribution in [2.24, 2.45) is 58.2 Å². The summed E-state index contributed by atoms with van der Waals surface area (Å²) >= 11 is 0. The maximum Gasteiger partial charge on any atom is 0.302 e. The highest BCUT2D eigenvalue weighted by Gasteiger charge is 2.63. The minimum absolute atomic E-state index is 0.0683. The van der Waals surface area contributed by atoms with Gasteiger partial charge in [0.05, 0.1) is 0 Å². The van der Waals surface area contributed by atoms with E-state index in [-0.39, 0.29) is 17.1 Å². The molecule has 0 saturated heterocycles. The van der Waals surface area contributed by atoms with Crippen molar-refractivity contribution < 1.29 is 14.0 Å². The van der Waals surface area contributed by atoms with Gasteiger partial charge in [-0.1, -0.05) is 80.4 Å². The van der Waals surface area contributed by atoms with Crippen molar-refractivity contribution >= 4 is 14.3 Å². The van der Waals surface area contributed by atoms with Crippen LogP contribution in [0.15, 0.2) is 12.2 Å². The number of hydrogen-bond donors (Lipinski definition) is 0. The van der Waals surface area contributed by atoms with Crippen LogP contribution < -0.4 is 0 Å². The van der Waals surface area contributed by atoms with Crippen molar-refractivity contribution in [3.63, 3.8) is 0 Å². The van der Waals surface area contributed by atoms with Crippen LogP contribution in [-0.4, -0.2) is 27.0 Å². The largest absolute Gasteiger partial charge is 0.462 e. The van der Waals surface area contributed by atoms with Gasteiger partial charge in [0.2, 0.25) is 0 Å². The van der Waals surface area contributed by atoms with Gasteiger partial charge in [-0.3, -0.25) is 4.79 Å². The fourth-order valence-corrected chi connectivity index (χ4v) is 11.3. The summed E-state index contributed by atoms with van der Waals surface area (Å²) in [5.41, 5.74) is 0.767. The minimum Gasteiger partial charge on any atom is -0.462 e. The molecule has 0 N–H and O–H groups in total. The number of ether oxygens (including phenoxy) is 1. The predicted molar refractivity (Wildman–Crippen MR) is 175 cm³/mol. The van der Waals surface area contributed by atoms with E-state index < -0.39 is 8.32 Å². The number of carbonyl (C=O) groups is 1. The fraction of sp³-hybridized carbons (Fsp3) is 0.919. The molecule has 0 amide bonds. The average Bonchev–Trinajstić information content (AvgIpc) is 3.22. The van der Waals surface area contributed by atoms with E-state index in [0.717, 1.165) is 18.9 Å². The molecule has 41 heavy (non-hydrogen) atoms. The smallest absolute Gasteiger partial charge is 0.302 e. The first-order valence-corrected chi connectivity index (χ1v) is 20.4. The highest BCUT2D eigenvalue weighted by molar-refractivity contribution is 6.74. The SMILES string of the molecule is CCC[C@H](/C=C/[C@@H](C)[C@H]1CCC2C3C(CC[C@@]21C)[C@@]1(C)CC[C@@H](C)C[C@H]1C[C@H]3OC(C)=O)CO[Si](C)(C)C(C)(C)C. The van der Waals surface area contributed by atoms with Crippen LogP contribution in [0.5, 0.6) is 0 Å². The topological polar surface area (TPSA) is 35.5 Å². The molecule has 3 unspecified atom stereocenters. The maximum atomic E-state index is 12.4. The first-order valence-electron chi connectivity index (χ1n) is 17.5. The van der Waals surface area contributed by atoms with Crippen molar-refractivity contribution in [1.82, 2.24) is 0 Å². The Balaban J connectivity index is 1.51. The van der Waals surface area contributed by atoms with Crippen LogP contribution in [-0.2, 0) is 14.0 Å². The fourth-order valence-electron chi connectivity index (χ4n) is 10.3. The standard InChI is InChI=1S/C37H66O3Si/c1-12-13-28(24-39-41(10,11)35(5,6)7)15-14-26(3)30-16-17-31-34-32(19-21-37(30,31)9)36(8)20-18-25(2)22-29(36)23-33(34)40-27(4)38/h14-15,25-26,28-34H,12-13,16-24H2,1-11H3/b15-14+/t25-,26-,28-,29+,30-,31?,32?,33-,34?,36+,37-/m1/s1. The van der Waals surface area contributed by atoms with Crippen molar-refractivity contribution in [2.45, 2.75) is 151 Å². The Morgan fingerprint density at radius 3 is 2.29 bits per heavy atom. The molecule has 4 aliphatic rings. The van der Waals surface area contributed by atoms with Crippen LogP contribution in [0, 0.1) is 58.2 Å². The van der Waals surface area contributed by atoms with E-state index in [9.17, 15) is 4.79 Å². The molecule has 0 spiro atoms. The van der Waals surface area contributed by atoms with Gasteiger partial charge in [0, 0.05) is 19.4 Å². The van der Waals surface area contributed by atoms with Gasteiger partial charge in [-0.05, 0) is 122 Å². The zero-order valence-electron chi connectivity index (χ0n) is 28.9. The van der Waals surface area contributed by atoms with Crippen LogP contribution in [0.2, 0.25) is 18.1 Å². The highest BCUT2D eigenvalue weighted by Crippen LogP contribution is 2.69. The van der Waals surface area contributed by atoms with E-state index in [1.54, 1.807) is 6.92 Å². The van der Waals surface area contributed by atoms with Crippen molar-refractivity contribution in [3.05, 3.63) is 12.2 Å². The van der Waals surface area contributed by atoms with E-state index in [1.165, 1.54) is 57.8 Å². The van der Waals surface area contributed by atoms with Gasteiger partial charge in [-0.15, -0.1) is 0 Å². The molecule has 4 saturated carbocycles. The van der Waals surface area contributed by atoms with Gasteiger partial charge in [0.15, 0.2) is 8.32 Å². The Kier molecular flexibility index (Phi) is 10.1. The monoisotopic (exact) mass is 586 g/mol. The van der Waals surface area contributed by atoms with Gasteiger partial charge in [-0.25, -0.2) is 0 Å². The Hall–Kier alpha value is -0.613. The average molecular weight is 587 g/mol. The lowest BCUT2D eigenvalue weighted by atomic mass is 9.43. The molecule has 0 bridgehead atoms. The summed E-state index contributed by atoms with van der Waals surface area (Å²) < 4.78 is 12.9. The molecule has 4 heteroatoms. The minimum atomic E-state index is -1.74. The maximum absolute atomic E-state index is 12.4. The molecule has 0 aromatic rings. The summed E-state index contributed by atoms with van der Waals surface area (Å²) in [6, 6.07) is 0. The predicted octanol–water partition coefficient (Wildman–Crippen LogP) is 10.5. The van der Waals surface area contributed by atoms with Gasteiger partial charge < -0.3 is 9.16 Å². The molecular weight excluding hydrogens is 520 g/mol. The van der Waals surface area contributed by atoms with Crippen LogP contribution in [0.1, 0.15) is 127 Å². The Bertz CT molecular complexity index is 935. The Morgan fingerprint density at radius 2 is 1.66 bits per heavy atom. The van der Waals surface area contributed by atoms with Crippen LogP contribution in [0.4, 0.5) is 0 Å². The summed E-state index contributed by atoms with van der Waals surface area (Å²) in [4.78, 5) is 12.4. The molecule has 0 aliphatic heterocycles. The number of carbonyl (C=O) groups excluding carboxylic acids is 1. The molecule has 0 aromatic heterocycles. The lowest BCUT2D eigenvalue weighted by Crippen LogP contribution is -2.59. The third-order valence-electron chi connectivity index (χ3n) is 13.8. The van der Waals surface area contributed by atoms with Crippen LogP contribution in [0.3, 0.4) is 0 Å². The lowest BCUT2D eigenvalue weighted by molar-refractivity contribution is -0.191. The van der Waals surface area contributed by atoms with Crippen molar-refractivity contribution in [1.29, 1.82) is 0 Å². The van der Waals surface area contributed by atoms with E-state index >= 15 is 0 Å². The molecule has 4 rings (SSSR count). The lowest BCUT2D eigenvalue weighted by Gasteiger charge is -2.63. The third-order valence-corrected chi connectivity index (χ3v) is 18.3. The summed E-state index contributed by atoms with van der Waals surface area (Å²) in [7, 11) is -1.74. The van der Waals surface area contributed by atoms with Gasteiger partial charge in [-0.2, -0.15) is 0 Å². The normalized spacial score (nSPS) is 40.9. The third kappa shape index (κ3) is 6.59. The molecule has 4 aliphatic carbocycles. The van der Waals surface area contributed by atoms with Gasteiger partial charge in [0.1, 0.15) is 6.10 Å². The molecule has 236 valence electrons. The van der Waals surface area contributed by atoms with E-state index in [2.05, 4.69) is 80.6 Å². The number of esters is 1. The van der Waals surface area contributed by atoms with Crippen LogP contribution >= 0.6 is 0 Å². The second-order valence-electron chi connectivity index (χ2n) is 17.3. The number of rotatable bonds is 9. The molecule has 0 aromatic carbocycles. The molecule has 0 heterocycles. The zero-order chi connectivity index (χ0) is 30.4. The number of fused-ring (bicyclic) bond motifs is 5. The second kappa shape index (κ2) is 12.4. The summed E-state index contributed by atoms with van der Waals surface area (Å²) in [6.45, 7) is 26.8. The molecule has 0 radical (unpaired) electrons. The van der Waals surface area contributed by atoms with E-state index in [4.69, 9.17) is 9.16 Å². The van der Waals surface area contributed by atoms with Gasteiger partial charge in [0.25, 0.3) is 0 Å². The van der Waals surface area contributed by atoms with E-state index in [1.807, 2.05) is 0 Å². The van der Waals surface area contributed by atoms with Crippen molar-refractivity contribution in [2.75, 3.05) is 6.61 Å². The Morgan fingerprint density at radius 1 is 1.00 bits per heavy atom. The first-order chi connectivity index (χ1) is 19.0. The summed E-state index contributed by atoms with van der Waals surface area (Å²) in [6.07, 6.45) is 18.1. The second-order valence-corrected chi connectivity index (χ2v) is 22.2. The number of hydrogen-bond acceptors (Lipinski definition) is 3. The number of allylic oxidation sites excluding steroid dienone is 1. The molecule has 3 nitrogen and oxygen atoms in total. The first kappa shape index (κ1) is 33.3. The van der Waals surface area contributed by atoms with Crippen LogP contribution in [0.25, 0.3) is 0 Å². The highest BCUT2D eigenvalue weighted by atomic mass is 28.4. The van der Waals surface area contributed by atoms with Crippen molar-refractivity contribution in [3.8, 4) is 0 Å². The summed E-state index contributed by atoms with van der Waals surface area (Å²) in [5, 5.41) is 0.253. The Labute approximate surface area is 255 Å². The molecule has 11 atom stereocenters. The quantitative estimate of drug-likeness (QED) is 0.153. The molecule has 4 fully saturated rings. The zero-order valence-corrected chi connectivity index (χ0v) is 29.9. The molecular formula is C37H66O3Si. The summed E-state index contributed by atoms with van der Waals surface area (Å²) in [5.74, 6) is 5.17. The van der Waals surface area contributed by atoms with Gasteiger partial charge >= 0.3 is 5.97 Å².